The number of nitrogens with zero attached hydrogens (tertiary/aromatic N) is 6. The first-order valence-electron chi connectivity index (χ1n) is 11.1. The SMILES string of the molecule is Cc1cccc(-c2cc(-c3cn(Cc4cccc(C(C)(C)CCC(=O)O)n4)nn3)nc(N)n2)c1F. The molecule has 0 spiro atoms. The molecule has 0 bridgehead atoms. The highest BCUT2D eigenvalue weighted by Crippen LogP contribution is 2.28. The van der Waals surface area contributed by atoms with Gasteiger partial charge in [0.1, 0.15) is 11.5 Å². The Kier molecular flexibility index (Phi) is 6.54. The van der Waals surface area contributed by atoms with E-state index in [9.17, 15) is 9.18 Å². The van der Waals surface area contributed by atoms with Crippen molar-refractivity contribution >= 4 is 11.9 Å². The van der Waals surface area contributed by atoms with Crippen LogP contribution in [0.15, 0.2) is 48.7 Å². The number of anilines is 1. The number of carboxylic acid groups (broad SMARTS) is 1. The first-order chi connectivity index (χ1) is 16.6. The van der Waals surface area contributed by atoms with Crippen LogP contribution in [-0.4, -0.2) is 41.0 Å². The number of aromatic nitrogens is 6. The Bertz CT molecular complexity index is 1380. The number of pyridine rings is 1. The van der Waals surface area contributed by atoms with Crippen LogP contribution in [0.25, 0.3) is 22.6 Å². The first-order valence-corrected chi connectivity index (χ1v) is 11.1. The number of halogens is 1. The zero-order valence-corrected chi connectivity index (χ0v) is 19.7. The highest BCUT2D eigenvalue weighted by atomic mass is 19.1. The highest BCUT2D eigenvalue weighted by molar-refractivity contribution is 5.68. The summed E-state index contributed by atoms with van der Waals surface area (Å²) in [5.41, 5.74) is 9.18. The molecule has 0 aliphatic rings. The summed E-state index contributed by atoms with van der Waals surface area (Å²) in [5.74, 6) is -1.19. The number of carbonyl (C=O) groups is 1. The standard InChI is InChI=1S/C25H26FN7O2/c1-15-6-4-8-17(23(15)26)18-12-19(30-24(27)29-18)20-14-33(32-31-20)13-16-7-5-9-21(28-16)25(2,3)11-10-22(34)35/h4-9,12,14H,10-11,13H2,1-3H3,(H,34,35)(H2,27,29,30). The van der Waals surface area contributed by atoms with Gasteiger partial charge in [0.15, 0.2) is 0 Å². The van der Waals surface area contributed by atoms with Crippen LogP contribution < -0.4 is 5.73 Å². The second kappa shape index (κ2) is 9.57. The number of aryl methyl sites for hydroxylation is 1. The van der Waals surface area contributed by atoms with Gasteiger partial charge in [-0.3, -0.25) is 9.78 Å². The minimum atomic E-state index is -0.831. The molecule has 3 N–H and O–H groups in total. The van der Waals surface area contributed by atoms with E-state index in [1.165, 1.54) is 0 Å². The lowest BCUT2D eigenvalue weighted by Crippen LogP contribution is -2.21. The summed E-state index contributed by atoms with van der Waals surface area (Å²) in [6.07, 6.45) is 2.26. The van der Waals surface area contributed by atoms with Gasteiger partial charge in [-0.1, -0.05) is 37.3 Å². The van der Waals surface area contributed by atoms with Crippen LogP contribution in [0, 0.1) is 12.7 Å². The molecule has 0 radical (unpaired) electrons. The van der Waals surface area contributed by atoms with Gasteiger partial charge in [-0.05, 0) is 43.2 Å². The van der Waals surface area contributed by atoms with E-state index < -0.39 is 5.97 Å². The number of benzene rings is 1. The van der Waals surface area contributed by atoms with E-state index in [0.717, 1.165) is 11.4 Å². The van der Waals surface area contributed by atoms with Crippen LogP contribution in [0.4, 0.5) is 10.3 Å². The zero-order valence-electron chi connectivity index (χ0n) is 19.7. The van der Waals surface area contributed by atoms with Crippen molar-refractivity contribution in [3.63, 3.8) is 0 Å². The Hall–Kier alpha value is -4.21. The van der Waals surface area contributed by atoms with Gasteiger partial charge in [0.2, 0.25) is 5.95 Å². The summed E-state index contributed by atoms with van der Waals surface area (Å²) in [5, 5.41) is 17.4. The van der Waals surface area contributed by atoms with Crippen molar-refractivity contribution in [3.8, 4) is 22.6 Å². The van der Waals surface area contributed by atoms with Gasteiger partial charge in [-0.15, -0.1) is 5.10 Å². The lowest BCUT2D eigenvalue weighted by atomic mass is 9.84. The molecule has 0 unspecified atom stereocenters. The summed E-state index contributed by atoms with van der Waals surface area (Å²) in [6, 6.07) is 12.4. The molecular formula is C25H26FN7O2. The maximum absolute atomic E-state index is 14.6. The van der Waals surface area contributed by atoms with Crippen molar-refractivity contribution < 1.29 is 14.3 Å². The van der Waals surface area contributed by atoms with E-state index in [1.807, 2.05) is 32.0 Å². The quantitative estimate of drug-likeness (QED) is 0.390. The molecule has 10 heteroatoms. The van der Waals surface area contributed by atoms with Crippen LogP contribution in [0.5, 0.6) is 0 Å². The molecule has 9 nitrogen and oxygen atoms in total. The minimum Gasteiger partial charge on any atom is -0.481 e. The summed E-state index contributed by atoms with van der Waals surface area (Å²) in [7, 11) is 0. The van der Waals surface area contributed by atoms with Gasteiger partial charge >= 0.3 is 5.97 Å². The van der Waals surface area contributed by atoms with E-state index in [0.29, 0.717) is 41.2 Å². The third-order valence-corrected chi connectivity index (χ3v) is 5.80. The Labute approximate surface area is 201 Å². The van der Waals surface area contributed by atoms with E-state index in [2.05, 4.69) is 20.3 Å². The third-order valence-electron chi connectivity index (χ3n) is 5.80. The van der Waals surface area contributed by atoms with Gasteiger partial charge in [-0.25, -0.2) is 19.0 Å². The van der Waals surface area contributed by atoms with Crippen LogP contribution in [0.3, 0.4) is 0 Å². The summed E-state index contributed by atoms with van der Waals surface area (Å²) >= 11 is 0. The number of rotatable bonds is 8. The van der Waals surface area contributed by atoms with E-state index in [4.69, 9.17) is 15.8 Å². The number of hydrogen-bond donors (Lipinski definition) is 2. The molecule has 0 saturated carbocycles. The number of nitrogen functional groups attached to an aromatic ring is 1. The van der Waals surface area contributed by atoms with Crippen LogP contribution >= 0.6 is 0 Å². The summed E-state index contributed by atoms with van der Waals surface area (Å²) < 4.78 is 16.3. The lowest BCUT2D eigenvalue weighted by molar-refractivity contribution is -0.137. The third kappa shape index (κ3) is 5.48. The normalized spacial score (nSPS) is 11.5. The van der Waals surface area contributed by atoms with Crippen molar-refractivity contribution in [1.82, 2.24) is 29.9 Å². The monoisotopic (exact) mass is 475 g/mol. The molecule has 1 aromatic carbocycles. The molecule has 4 rings (SSSR count). The topological polar surface area (TPSA) is 133 Å². The molecule has 0 aliphatic heterocycles. The Morgan fingerprint density at radius 1 is 1.09 bits per heavy atom. The molecule has 4 aromatic rings. The molecular weight excluding hydrogens is 449 g/mol. The fraction of sp³-hybridized carbons (Fsp3) is 0.280. The predicted octanol–water partition coefficient (Wildman–Crippen LogP) is 4.02. The fourth-order valence-electron chi connectivity index (χ4n) is 3.73. The average molecular weight is 476 g/mol. The van der Waals surface area contributed by atoms with Gasteiger partial charge in [0.05, 0.1) is 29.8 Å². The highest BCUT2D eigenvalue weighted by Gasteiger charge is 2.23. The number of hydrogen-bond acceptors (Lipinski definition) is 7. The summed E-state index contributed by atoms with van der Waals surface area (Å²) in [4.78, 5) is 24.1. The molecule has 0 saturated heterocycles. The van der Waals surface area contributed by atoms with Gasteiger partial charge in [-0.2, -0.15) is 0 Å². The maximum atomic E-state index is 14.6. The molecule has 3 aromatic heterocycles. The number of nitrogens with two attached hydrogens (primary N) is 1. The predicted molar refractivity (Wildman–Crippen MR) is 129 cm³/mol. The van der Waals surface area contributed by atoms with E-state index >= 15 is 0 Å². The largest absolute Gasteiger partial charge is 0.481 e. The second-order valence-corrected chi connectivity index (χ2v) is 9.03. The van der Waals surface area contributed by atoms with Crippen LogP contribution in [0.2, 0.25) is 0 Å². The van der Waals surface area contributed by atoms with Crippen molar-refractivity contribution in [3.05, 3.63) is 71.4 Å². The Morgan fingerprint density at radius 3 is 2.60 bits per heavy atom. The van der Waals surface area contributed by atoms with Crippen LogP contribution in [0.1, 0.15) is 43.6 Å². The maximum Gasteiger partial charge on any atom is 0.303 e. The fourth-order valence-corrected chi connectivity index (χ4v) is 3.73. The van der Waals surface area contributed by atoms with Crippen molar-refractivity contribution in [2.75, 3.05) is 5.73 Å². The molecule has 0 aliphatic carbocycles. The minimum absolute atomic E-state index is 0.00548. The second-order valence-electron chi connectivity index (χ2n) is 9.03. The Morgan fingerprint density at radius 2 is 1.83 bits per heavy atom. The van der Waals surface area contributed by atoms with Gasteiger partial charge in [0, 0.05) is 23.1 Å². The van der Waals surface area contributed by atoms with E-state index in [1.54, 1.807) is 42.1 Å². The average Bonchev–Trinajstić information content (AvgIpc) is 3.28. The molecule has 35 heavy (non-hydrogen) atoms. The van der Waals surface area contributed by atoms with Gasteiger partial charge in [0.25, 0.3) is 0 Å². The number of carboxylic acids is 1. The van der Waals surface area contributed by atoms with Gasteiger partial charge < -0.3 is 10.8 Å². The van der Waals surface area contributed by atoms with Crippen molar-refractivity contribution in [1.29, 1.82) is 0 Å². The van der Waals surface area contributed by atoms with Crippen molar-refractivity contribution in [2.45, 2.75) is 45.6 Å². The number of aliphatic carboxylic acids is 1. The first kappa shape index (κ1) is 23.9. The molecule has 0 fully saturated rings. The lowest BCUT2D eigenvalue weighted by Gasteiger charge is -2.23. The molecule has 180 valence electrons. The summed E-state index contributed by atoms with van der Waals surface area (Å²) in [6.45, 7) is 6.00. The van der Waals surface area contributed by atoms with E-state index in [-0.39, 0.29) is 23.6 Å². The molecule has 0 amide bonds. The van der Waals surface area contributed by atoms with Crippen LogP contribution in [-0.2, 0) is 16.8 Å². The van der Waals surface area contributed by atoms with Crippen molar-refractivity contribution in [2.24, 2.45) is 0 Å². The molecule has 3 heterocycles. The molecule has 0 atom stereocenters. The smallest absolute Gasteiger partial charge is 0.303 e. The Balaban J connectivity index is 1.57. The zero-order chi connectivity index (χ0) is 25.2.